The van der Waals surface area contributed by atoms with Crippen LogP contribution in [0.15, 0.2) is 53.7 Å². The average Bonchev–Trinajstić information content (AvgIpc) is 3.28. The second kappa shape index (κ2) is 9.95. The van der Waals surface area contributed by atoms with Crippen molar-refractivity contribution in [2.24, 2.45) is 0 Å². The molecule has 0 saturated carbocycles. The summed E-state index contributed by atoms with van der Waals surface area (Å²) in [6.45, 7) is 6.88. The van der Waals surface area contributed by atoms with Crippen molar-refractivity contribution in [1.82, 2.24) is 24.9 Å². The van der Waals surface area contributed by atoms with Crippen LogP contribution in [0.25, 0.3) is 5.78 Å². The first-order valence-electron chi connectivity index (χ1n) is 11.5. The number of thioether (sulfide) groups is 1. The molecule has 5 rings (SSSR count). The normalized spacial score (nSPS) is 14.8. The Morgan fingerprint density at radius 1 is 1.09 bits per heavy atom. The summed E-state index contributed by atoms with van der Waals surface area (Å²) in [6, 6.07) is 16.0. The third-order valence-electron chi connectivity index (χ3n) is 5.96. The smallest absolute Gasteiger partial charge is 0.253 e. The van der Waals surface area contributed by atoms with Crippen molar-refractivity contribution in [2.75, 3.05) is 18.9 Å². The van der Waals surface area contributed by atoms with E-state index in [4.69, 9.17) is 9.47 Å². The summed E-state index contributed by atoms with van der Waals surface area (Å²) in [5.74, 6) is 2.06. The Hall–Kier alpha value is -3.59. The van der Waals surface area contributed by atoms with Crippen molar-refractivity contribution in [3.63, 3.8) is 0 Å². The van der Waals surface area contributed by atoms with Crippen LogP contribution in [0.5, 0.6) is 11.5 Å². The molecule has 1 amide bonds. The van der Waals surface area contributed by atoms with E-state index in [0.717, 1.165) is 29.1 Å². The van der Waals surface area contributed by atoms with Crippen molar-refractivity contribution in [3.8, 4) is 11.5 Å². The number of rotatable bonds is 7. The molecule has 4 aromatic rings. The average molecular weight is 490 g/mol. The molecule has 1 N–H and O–H groups in total. The van der Waals surface area contributed by atoms with Gasteiger partial charge in [-0.05, 0) is 44.0 Å². The van der Waals surface area contributed by atoms with Gasteiger partial charge in [-0.25, -0.2) is 9.50 Å². The molecule has 2 aromatic carbocycles. The molecule has 1 unspecified atom stereocenters. The fourth-order valence-corrected chi connectivity index (χ4v) is 4.64. The predicted octanol–water partition coefficient (Wildman–Crippen LogP) is 3.69. The Balaban J connectivity index is 1.19. The molecule has 0 radical (unpaired) electrons. The molecule has 0 fully saturated rings. The molecule has 1 aliphatic heterocycles. The molecule has 0 aliphatic carbocycles. The standard InChI is InChI=1S/C26H27N5O3S/c1-16-8-10-19(11-9-16)12-21-17(2)28-25-29-26(30-31(25)18(21)3)35-15-24(32)27-13-20-14-33-22-6-4-5-7-23(22)34-20/h4-11,20H,12-15H2,1-3H3,(H,27,32). The number of aromatic nitrogens is 4. The lowest BCUT2D eigenvalue weighted by molar-refractivity contribution is -0.119. The summed E-state index contributed by atoms with van der Waals surface area (Å²) in [5.41, 5.74) is 5.55. The van der Waals surface area contributed by atoms with Crippen LogP contribution in [0.1, 0.15) is 28.1 Å². The van der Waals surface area contributed by atoms with Crippen molar-refractivity contribution < 1.29 is 14.3 Å². The molecule has 1 aliphatic rings. The Morgan fingerprint density at radius 3 is 2.66 bits per heavy atom. The van der Waals surface area contributed by atoms with Crippen LogP contribution < -0.4 is 14.8 Å². The molecule has 0 bridgehead atoms. The summed E-state index contributed by atoms with van der Waals surface area (Å²) < 4.78 is 13.3. The largest absolute Gasteiger partial charge is 0.486 e. The quantitative estimate of drug-likeness (QED) is 0.396. The number of hydrogen-bond donors (Lipinski definition) is 1. The highest BCUT2D eigenvalue weighted by molar-refractivity contribution is 7.99. The fourth-order valence-electron chi connectivity index (χ4n) is 3.99. The lowest BCUT2D eigenvalue weighted by Crippen LogP contribution is -2.41. The van der Waals surface area contributed by atoms with E-state index in [-0.39, 0.29) is 17.8 Å². The minimum Gasteiger partial charge on any atom is -0.486 e. The first kappa shape index (κ1) is 23.2. The zero-order chi connectivity index (χ0) is 24.4. The zero-order valence-electron chi connectivity index (χ0n) is 19.9. The van der Waals surface area contributed by atoms with Gasteiger partial charge in [-0.1, -0.05) is 53.7 Å². The van der Waals surface area contributed by atoms with E-state index in [2.05, 4.69) is 51.6 Å². The van der Waals surface area contributed by atoms with Crippen LogP contribution >= 0.6 is 11.8 Å². The third-order valence-corrected chi connectivity index (χ3v) is 6.80. The summed E-state index contributed by atoms with van der Waals surface area (Å²) in [4.78, 5) is 21.6. The Kier molecular flexibility index (Phi) is 6.59. The highest BCUT2D eigenvalue weighted by Crippen LogP contribution is 2.30. The van der Waals surface area contributed by atoms with Gasteiger partial charge in [-0.2, -0.15) is 4.98 Å². The fraction of sp³-hybridized carbons (Fsp3) is 0.308. The summed E-state index contributed by atoms with van der Waals surface area (Å²) in [7, 11) is 0. The number of nitrogens with zero attached hydrogens (tertiary/aromatic N) is 4. The van der Waals surface area contributed by atoms with Gasteiger partial charge < -0.3 is 14.8 Å². The SMILES string of the molecule is Cc1ccc(Cc2c(C)nc3nc(SCC(=O)NCC4COc5ccccc5O4)nn3c2C)cc1. The van der Waals surface area contributed by atoms with Crippen molar-refractivity contribution in [3.05, 3.63) is 76.6 Å². The van der Waals surface area contributed by atoms with E-state index < -0.39 is 0 Å². The topological polar surface area (TPSA) is 90.6 Å². The molecule has 180 valence electrons. The molecule has 1 atom stereocenters. The third kappa shape index (κ3) is 5.24. The van der Waals surface area contributed by atoms with Gasteiger partial charge >= 0.3 is 0 Å². The minimum absolute atomic E-state index is 0.114. The van der Waals surface area contributed by atoms with Crippen LogP contribution in [0, 0.1) is 20.8 Å². The molecule has 8 nitrogen and oxygen atoms in total. The number of carbonyl (C=O) groups excluding carboxylic acids is 1. The van der Waals surface area contributed by atoms with E-state index in [1.54, 1.807) is 4.52 Å². The Bertz CT molecular complexity index is 1370. The lowest BCUT2D eigenvalue weighted by Gasteiger charge is -2.26. The van der Waals surface area contributed by atoms with E-state index in [0.29, 0.717) is 29.8 Å². The van der Waals surface area contributed by atoms with Crippen molar-refractivity contribution in [1.29, 1.82) is 0 Å². The summed E-state index contributed by atoms with van der Waals surface area (Å²) in [6.07, 6.45) is 0.553. The van der Waals surface area contributed by atoms with Crippen LogP contribution in [0.3, 0.4) is 0 Å². The maximum absolute atomic E-state index is 12.4. The van der Waals surface area contributed by atoms with Gasteiger partial charge in [0.25, 0.3) is 5.78 Å². The van der Waals surface area contributed by atoms with Crippen molar-refractivity contribution in [2.45, 2.75) is 38.5 Å². The second-order valence-electron chi connectivity index (χ2n) is 8.62. The number of ether oxygens (including phenoxy) is 2. The van der Waals surface area contributed by atoms with Gasteiger partial charge in [0.15, 0.2) is 11.5 Å². The molecule has 9 heteroatoms. The highest BCUT2D eigenvalue weighted by Gasteiger charge is 2.21. The number of benzene rings is 2. The first-order chi connectivity index (χ1) is 17.0. The van der Waals surface area contributed by atoms with Gasteiger partial charge in [0.05, 0.1) is 12.3 Å². The van der Waals surface area contributed by atoms with Gasteiger partial charge in [0, 0.05) is 17.8 Å². The molecule has 2 aromatic heterocycles. The monoisotopic (exact) mass is 489 g/mol. The first-order valence-corrected chi connectivity index (χ1v) is 12.5. The number of para-hydroxylation sites is 2. The van der Waals surface area contributed by atoms with Crippen LogP contribution in [0.2, 0.25) is 0 Å². The zero-order valence-corrected chi connectivity index (χ0v) is 20.8. The number of amides is 1. The summed E-state index contributed by atoms with van der Waals surface area (Å²) in [5, 5.41) is 8.03. The van der Waals surface area contributed by atoms with E-state index in [9.17, 15) is 4.79 Å². The molecular formula is C26H27N5O3S. The predicted molar refractivity (Wildman–Crippen MR) is 134 cm³/mol. The van der Waals surface area contributed by atoms with Gasteiger partial charge in [-0.15, -0.1) is 5.10 Å². The van der Waals surface area contributed by atoms with Gasteiger partial charge in [0.2, 0.25) is 11.1 Å². The number of fused-ring (bicyclic) bond motifs is 2. The minimum atomic E-state index is -0.228. The lowest BCUT2D eigenvalue weighted by atomic mass is 10.0. The van der Waals surface area contributed by atoms with Crippen LogP contribution in [-0.2, 0) is 11.2 Å². The van der Waals surface area contributed by atoms with Crippen LogP contribution in [-0.4, -0.2) is 50.5 Å². The number of hydrogen-bond acceptors (Lipinski definition) is 7. The van der Waals surface area contributed by atoms with Gasteiger partial charge in [0.1, 0.15) is 12.7 Å². The number of aryl methyl sites for hydroxylation is 3. The Labute approximate surface area is 208 Å². The Morgan fingerprint density at radius 2 is 1.86 bits per heavy atom. The molecule has 35 heavy (non-hydrogen) atoms. The summed E-state index contributed by atoms with van der Waals surface area (Å²) >= 11 is 1.29. The second-order valence-corrected chi connectivity index (χ2v) is 9.56. The van der Waals surface area contributed by atoms with E-state index >= 15 is 0 Å². The van der Waals surface area contributed by atoms with E-state index in [1.807, 2.05) is 38.1 Å². The van der Waals surface area contributed by atoms with Crippen LogP contribution in [0.4, 0.5) is 0 Å². The van der Waals surface area contributed by atoms with E-state index in [1.165, 1.54) is 22.9 Å². The molecule has 0 spiro atoms. The highest BCUT2D eigenvalue weighted by atomic mass is 32.2. The van der Waals surface area contributed by atoms with Crippen molar-refractivity contribution >= 4 is 23.4 Å². The number of nitrogens with one attached hydrogen (secondary N) is 1. The number of carbonyl (C=O) groups is 1. The maximum Gasteiger partial charge on any atom is 0.253 e. The van der Waals surface area contributed by atoms with Gasteiger partial charge in [-0.3, -0.25) is 4.79 Å². The molecule has 3 heterocycles. The molecule has 0 saturated heterocycles. The molecular weight excluding hydrogens is 462 g/mol. The maximum atomic E-state index is 12.4.